The Bertz CT molecular complexity index is 199. The molecule has 54 valence electrons. The summed E-state index contributed by atoms with van der Waals surface area (Å²) in [6.07, 6.45) is 6.62. The van der Waals surface area contributed by atoms with E-state index >= 15 is 0 Å². The summed E-state index contributed by atoms with van der Waals surface area (Å²) in [6.45, 7) is 0. The van der Waals surface area contributed by atoms with Gasteiger partial charge >= 0.3 is 0 Å². The fraction of sp³-hybridized carbons (Fsp3) is 0.333. The molecule has 0 aromatic rings. The maximum Gasteiger partial charge on any atom is 0.0668 e. The van der Waals surface area contributed by atoms with Gasteiger partial charge in [-0.15, -0.1) is 0 Å². The lowest BCUT2D eigenvalue weighted by Crippen LogP contribution is -2.33. The molecule has 1 unspecified atom stereocenters. The molecule has 1 saturated heterocycles. The maximum absolute atomic E-state index is 10.8. The Morgan fingerprint density at radius 1 is 1.70 bits per heavy atom. The summed E-state index contributed by atoms with van der Waals surface area (Å²) in [4.78, 5) is 0. The lowest BCUT2D eigenvalue weighted by Gasteiger charge is -2.25. The van der Waals surface area contributed by atoms with Crippen LogP contribution < -0.4 is 11.0 Å². The van der Waals surface area contributed by atoms with Crippen LogP contribution >= 0.6 is 0 Å². The van der Waals surface area contributed by atoms with E-state index in [1.165, 1.54) is 0 Å². The molecule has 2 aliphatic rings. The van der Waals surface area contributed by atoms with E-state index in [0.29, 0.717) is 0 Å². The molecule has 2 N–H and O–H groups in total. The summed E-state index contributed by atoms with van der Waals surface area (Å²) in [6, 6.07) is 0.169. The van der Waals surface area contributed by atoms with Crippen LogP contribution in [-0.4, -0.2) is 11.2 Å². The Hall–Kier alpha value is -0.840. The number of allylic oxidation sites excluding steroid dienone is 2. The summed E-state index contributed by atoms with van der Waals surface area (Å²) in [5.74, 6) is 0. The first kappa shape index (κ1) is 5.91. The van der Waals surface area contributed by atoms with Gasteiger partial charge in [0.1, 0.15) is 0 Å². The van der Waals surface area contributed by atoms with E-state index in [-0.39, 0.29) is 6.04 Å². The van der Waals surface area contributed by atoms with Gasteiger partial charge in [0.15, 0.2) is 0 Å². The quantitative estimate of drug-likeness (QED) is 0.495. The van der Waals surface area contributed by atoms with E-state index in [0.717, 1.165) is 17.3 Å². The third-order valence-electron chi connectivity index (χ3n) is 1.71. The highest BCUT2D eigenvalue weighted by Gasteiger charge is 2.21. The predicted molar refractivity (Wildman–Crippen MR) is 37.1 cm³/mol. The van der Waals surface area contributed by atoms with Crippen molar-refractivity contribution in [3.05, 3.63) is 29.1 Å². The van der Waals surface area contributed by atoms with Gasteiger partial charge in [0.25, 0.3) is 0 Å². The largest absolute Gasteiger partial charge is 0.742 e. The molecule has 1 aliphatic heterocycles. The molecule has 0 saturated carbocycles. The normalized spacial score (nSPS) is 30.3. The highest BCUT2D eigenvalue weighted by Crippen LogP contribution is 2.17. The second kappa shape index (κ2) is 2.09. The number of rotatable bonds is 0. The van der Waals surface area contributed by atoms with Gasteiger partial charge in [0.2, 0.25) is 0 Å². The molecule has 1 aliphatic carbocycles. The van der Waals surface area contributed by atoms with Crippen LogP contribution in [-0.2, 0) is 0 Å². The Kier molecular flexibility index (Phi) is 1.23. The lowest BCUT2D eigenvalue weighted by atomic mass is 10.1. The van der Waals surface area contributed by atoms with Gasteiger partial charge in [-0.2, -0.15) is 5.53 Å². The smallest absolute Gasteiger partial charge is 0.0668 e. The number of hydrogen-bond donors (Lipinski definition) is 2. The van der Waals surface area contributed by atoms with Crippen LogP contribution in [0.1, 0.15) is 6.42 Å². The standard InChI is InChI=1S/C6H8N3O/c10-9-6-4-2-1-3-5(6)7-8-9/h1-2,4-5,7-8H,3H2/q-1. The van der Waals surface area contributed by atoms with Gasteiger partial charge in [0, 0.05) is 5.70 Å². The Balaban J connectivity index is 2.25. The van der Waals surface area contributed by atoms with Crippen LogP contribution in [0, 0.1) is 5.21 Å². The molecular weight excluding hydrogens is 130 g/mol. The Morgan fingerprint density at radius 2 is 2.60 bits per heavy atom. The zero-order valence-electron chi connectivity index (χ0n) is 5.37. The molecule has 0 aromatic heterocycles. The fourth-order valence-corrected chi connectivity index (χ4v) is 1.16. The second-order valence-corrected chi connectivity index (χ2v) is 2.36. The summed E-state index contributed by atoms with van der Waals surface area (Å²) >= 11 is 0. The maximum atomic E-state index is 10.8. The van der Waals surface area contributed by atoms with Gasteiger partial charge in [0.05, 0.1) is 6.04 Å². The number of hydroxylamine groups is 1. The minimum atomic E-state index is 0.169. The molecule has 1 atom stereocenters. The zero-order valence-corrected chi connectivity index (χ0v) is 5.37. The van der Waals surface area contributed by atoms with Crippen molar-refractivity contribution in [1.29, 1.82) is 0 Å². The first-order chi connectivity index (χ1) is 4.88. The summed E-state index contributed by atoms with van der Waals surface area (Å²) < 4.78 is 0. The van der Waals surface area contributed by atoms with Gasteiger partial charge in [-0.25, -0.2) is 5.43 Å². The highest BCUT2D eigenvalue weighted by atomic mass is 16.6. The van der Waals surface area contributed by atoms with E-state index in [9.17, 15) is 5.21 Å². The van der Waals surface area contributed by atoms with Crippen molar-refractivity contribution in [2.24, 2.45) is 0 Å². The monoisotopic (exact) mass is 138 g/mol. The highest BCUT2D eigenvalue weighted by molar-refractivity contribution is 5.24. The number of fused-ring (bicyclic) bond motifs is 1. The molecule has 0 bridgehead atoms. The zero-order chi connectivity index (χ0) is 6.97. The van der Waals surface area contributed by atoms with Crippen molar-refractivity contribution in [1.82, 2.24) is 16.1 Å². The molecule has 4 heteroatoms. The molecule has 1 heterocycles. The van der Waals surface area contributed by atoms with Crippen molar-refractivity contribution in [2.45, 2.75) is 12.5 Å². The topological polar surface area (TPSA) is 50.4 Å². The van der Waals surface area contributed by atoms with Crippen molar-refractivity contribution in [2.75, 3.05) is 0 Å². The fourth-order valence-electron chi connectivity index (χ4n) is 1.16. The average Bonchev–Trinajstić information content (AvgIpc) is 2.34. The first-order valence-electron chi connectivity index (χ1n) is 3.23. The van der Waals surface area contributed by atoms with Gasteiger partial charge in [-0.3, -0.25) is 0 Å². The first-order valence-corrected chi connectivity index (χ1v) is 3.23. The van der Waals surface area contributed by atoms with Crippen molar-refractivity contribution in [3.63, 3.8) is 0 Å². The number of nitrogens with zero attached hydrogens (tertiary/aromatic N) is 1. The molecule has 0 radical (unpaired) electrons. The third-order valence-corrected chi connectivity index (χ3v) is 1.71. The number of hydrogen-bond acceptors (Lipinski definition) is 4. The van der Waals surface area contributed by atoms with Crippen LogP contribution in [0.3, 0.4) is 0 Å². The minimum Gasteiger partial charge on any atom is -0.742 e. The van der Waals surface area contributed by atoms with Gasteiger partial charge in [-0.1, -0.05) is 12.2 Å². The minimum absolute atomic E-state index is 0.169. The molecule has 1 fully saturated rings. The SMILES string of the molecule is [O-]N1NNC2CC=CC=C21. The van der Waals surface area contributed by atoms with E-state index in [2.05, 4.69) is 11.0 Å². The van der Waals surface area contributed by atoms with E-state index in [4.69, 9.17) is 0 Å². The van der Waals surface area contributed by atoms with Crippen molar-refractivity contribution >= 4 is 0 Å². The van der Waals surface area contributed by atoms with Crippen LogP contribution in [0.2, 0.25) is 0 Å². The van der Waals surface area contributed by atoms with E-state index < -0.39 is 0 Å². The Morgan fingerprint density at radius 3 is 3.40 bits per heavy atom. The molecular formula is C6H8N3O-. The number of hydrazine groups is 2. The molecule has 10 heavy (non-hydrogen) atoms. The van der Waals surface area contributed by atoms with Gasteiger partial charge in [-0.05, 0) is 12.5 Å². The van der Waals surface area contributed by atoms with Crippen LogP contribution in [0.25, 0.3) is 0 Å². The van der Waals surface area contributed by atoms with Crippen LogP contribution in [0.15, 0.2) is 23.9 Å². The van der Waals surface area contributed by atoms with Gasteiger partial charge < -0.3 is 10.4 Å². The predicted octanol–water partition coefficient (Wildman–Crippen LogP) is 0.0214. The molecule has 0 aromatic carbocycles. The van der Waals surface area contributed by atoms with Crippen molar-refractivity contribution in [3.8, 4) is 0 Å². The third kappa shape index (κ3) is 0.740. The Labute approximate surface area is 58.7 Å². The van der Waals surface area contributed by atoms with E-state index in [1.54, 1.807) is 0 Å². The van der Waals surface area contributed by atoms with E-state index in [1.807, 2.05) is 18.2 Å². The summed E-state index contributed by atoms with van der Waals surface area (Å²) in [5.41, 5.74) is 6.10. The molecule has 0 amide bonds. The summed E-state index contributed by atoms with van der Waals surface area (Å²) in [7, 11) is 0. The average molecular weight is 138 g/mol. The number of nitrogens with one attached hydrogen (secondary N) is 2. The van der Waals surface area contributed by atoms with Crippen molar-refractivity contribution < 1.29 is 0 Å². The van der Waals surface area contributed by atoms with Crippen LogP contribution in [0.4, 0.5) is 0 Å². The molecule has 2 rings (SSSR count). The molecule has 0 spiro atoms. The lowest BCUT2D eigenvalue weighted by molar-refractivity contribution is 0.362. The van der Waals surface area contributed by atoms with Crippen LogP contribution in [0.5, 0.6) is 0 Å². The second-order valence-electron chi connectivity index (χ2n) is 2.36. The summed E-state index contributed by atoms with van der Waals surface area (Å²) in [5, 5.41) is 11.6. The molecule has 4 nitrogen and oxygen atoms in total.